The number of hydrogen-bond acceptors (Lipinski definition) is 4. The van der Waals surface area contributed by atoms with Crippen LogP contribution in [0.5, 0.6) is 0 Å². The highest BCUT2D eigenvalue weighted by molar-refractivity contribution is 7.13. The summed E-state index contributed by atoms with van der Waals surface area (Å²) in [6.07, 6.45) is 0. The smallest absolute Gasteiger partial charge is 0.305 e. The predicted molar refractivity (Wildman–Crippen MR) is 79.4 cm³/mol. The van der Waals surface area contributed by atoms with Gasteiger partial charge in [-0.2, -0.15) is 4.52 Å². The number of hydrogen-bond donors (Lipinski definition) is 1. The van der Waals surface area contributed by atoms with E-state index in [1.54, 1.807) is 18.2 Å². The molecule has 0 fully saturated rings. The number of rotatable bonds is 1. The Morgan fingerprint density at radius 1 is 1.30 bits per heavy atom. The molecule has 7 heteroatoms. The molecule has 0 radical (unpaired) electrons. The minimum Gasteiger partial charge on any atom is -0.305 e. The molecule has 0 bridgehead atoms. The van der Waals surface area contributed by atoms with Crippen molar-refractivity contribution >= 4 is 39.5 Å². The molecule has 0 aliphatic carbocycles. The Morgan fingerprint density at radius 3 is 3.00 bits per heavy atom. The van der Waals surface area contributed by atoms with Crippen molar-refractivity contribution in [3.05, 3.63) is 51.2 Å². The zero-order valence-corrected chi connectivity index (χ0v) is 11.6. The molecule has 20 heavy (non-hydrogen) atoms. The van der Waals surface area contributed by atoms with E-state index in [9.17, 15) is 4.79 Å². The van der Waals surface area contributed by atoms with Crippen LogP contribution in [0.3, 0.4) is 0 Å². The third-order valence-electron chi connectivity index (χ3n) is 3.01. The van der Waals surface area contributed by atoms with Crippen LogP contribution >= 0.6 is 22.9 Å². The summed E-state index contributed by atoms with van der Waals surface area (Å²) in [5.74, 6) is 0.540. The van der Waals surface area contributed by atoms with Crippen molar-refractivity contribution in [2.45, 2.75) is 0 Å². The molecule has 3 aromatic heterocycles. The van der Waals surface area contributed by atoms with Crippen LogP contribution in [0.4, 0.5) is 0 Å². The van der Waals surface area contributed by atoms with Gasteiger partial charge in [-0.15, -0.1) is 16.4 Å². The van der Waals surface area contributed by atoms with Gasteiger partial charge in [-0.1, -0.05) is 17.7 Å². The molecule has 1 aromatic carbocycles. The van der Waals surface area contributed by atoms with Gasteiger partial charge < -0.3 is 4.98 Å². The van der Waals surface area contributed by atoms with Crippen LogP contribution in [0.25, 0.3) is 27.3 Å². The Balaban J connectivity index is 2.15. The van der Waals surface area contributed by atoms with Crippen LogP contribution in [0.15, 0.2) is 40.5 Å². The summed E-state index contributed by atoms with van der Waals surface area (Å²) in [6.45, 7) is 0. The molecule has 0 saturated heterocycles. The number of halogens is 1. The van der Waals surface area contributed by atoms with Crippen LogP contribution in [-0.4, -0.2) is 19.6 Å². The Bertz CT molecular complexity index is 987. The molecule has 5 nitrogen and oxygen atoms in total. The second-order valence-electron chi connectivity index (χ2n) is 4.27. The van der Waals surface area contributed by atoms with E-state index in [2.05, 4.69) is 15.1 Å². The third-order valence-corrected chi connectivity index (χ3v) is 4.11. The van der Waals surface area contributed by atoms with Crippen molar-refractivity contribution in [1.82, 2.24) is 19.6 Å². The summed E-state index contributed by atoms with van der Waals surface area (Å²) in [7, 11) is 0. The number of benzene rings is 1. The van der Waals surface area contributed by atoms with Gasteiger partial charge in [0.15, 0.2) is 11.5 Å². The maximum atomic E-state index is 12.0. The molecule has 0 aliphatic heterocycles. The highest BCUT2D eigenvalue weighted by Gasteiger charge is 2.12. The van der Waals surface area contributed by atoms with Crippen molar-refractivity contribution in [1.29, 1.82) is 0 Å². The average molecular weight is 303 g/mol. The molecule has 0 saturated carbocycles. The van der Waals surface area contributed by atoms with Crippen molar-refractivity contribution in [2.24, 2.45) is 0 Å². The van der Waals surface area contributed by atoms with Crippen LogP contribution in [-0.2, 0) is 0 Å². The lowest BCUT2D eigenvalue weighted by molar-refractivity contribution is 0.886. The number of fused-ring (bicyclic) bond motifs is 3. The lowest BCUT2D eigenvalue weighted by atomic mass is 10.2. The first-order valence-electron chi connectivity index (χ1n) is 5.84. The van der Waals surface area contributed by atoms with Gasteiger partial charge in [-0.05, 0) is 29.6 Å². The van der Waals surface area contributed by atoms with E-state index in [1.807, 2.05) is 17.5 Å². The van der Waals surface area contributed by atoms with Crippen LogP contribution < -0.4 is 5.69 Å². The summed E-state index contributed by atoms with van der Waals surface area (Å²) in [5, 5.41) is 7.57. The Hall–Kier alpha value is -2.18. The zero-order chi connectivity index (χ0) is 13.7. The largest absolute Gasteiger partial charge is 0.348 e. The molecular weight excluding hydrogens is 296 g/mol. The number of aromatic nitrogens is 4. The SMILES string of the molecule is O=c1[nH]c2ccc(Cl)cc2c2nc(-c3cccs3)nn12. The standard InChI is InChI=1S/C13H7ClN4OS/c14-7-3-4-9-8(6-7)12-16-11(10-2-1-5-20-10)17-18(12)13(19)15-9/h1-6H,(H,15,19). The topological polar surface area (TPSA) is 63.0 Å². The average Bonchev–Trinajstić information content (AvgIpc) is 3.08. The first-order valence-corrected chi connectivity index (χ1v) is 7.10. The Labute approximate surface area is 121 Å². The Morgan fingerprint density at radius 2 is 2.20 bits per heavy atom. The van der Waals surface area contributed by atoms with Crippen molar-refractivity contribution < 1.29 is 0 Å². The lowest BCUT2D eigenvalue weighted by Crippen LogP contribution is -2.17. The molecule has 4 aromatic rings. The van der Waals surface area contributed by atoms with E-state index in [1.165, 1.54) is 15.9 Å². The van der Waals surface area contributed by atoms with E-state index in [4.69, 9.17) is 11.6 Å². The molecule has 0 atom stereocenters. The van der Waals surface area contributed by atoms with Crippen molar-refractivity contribution in [3.8, 4) is 10.7 Å². The monoisotopic (exact) mass is 302 g/mol. The minimum atomic E-state index is -0.315. The number of aromatic amines is 1. The zero-order valence-electron chi connectivity index (χ0n) is 10.0. The molecule has 1 N–H and O–H groups in total. The minimum absolute atomic E-state index is 0.315. The van der Waals surface area contributed by atoms with Gasteiger partial charge in [0.1, 0.15) is 0 Å². The molecule has 0 aliphatic rings. The van der Waals surface area contributed by atoms with Crippen molar-refractivity contribution in [2.75, 3.05) is 0 Å². The summed E-state index contributed by atoms with van der Waals surface area (Å²) in [6, 6.07) is 9.11. The Kier molecular flexibility index (Phi) is 2.42. The predicted octanol–water partition coefficient (Wildman–Crippen LogP) is 2.95. The van der Waals surface area contributed by atoms with Gasteiger partial charge in [0.2, 0.25) is 0 Å². The lowest BCUT2D eigenvalue weighted by Gasteiger charge is -1.99. The normalized spacial score (nSPS) is 11.4. The highest BCUT2D eigenvalue weighted by Crippen LogP contribution is 2.24. The fourth-order valence-electron chi connectivity index (χ4n) is 2.12. The van der Waals surface area contributed by atoms with Gasteiger partial charge in [-0.3, -0.25) is 0 Å². The van der Waals surface area contributed by atoms with E-state index < -0.39 is 0 Å². The molecule has 4 rings (SSSR count). The number of thiophene rings is 1. The summed E-state index contributed by atoms with van der Waals surface area (Å²) < 4.78 is 1.27. The summed E-state index contributed by atoms with van der Waals surface area (Å²) in [4.78, 5) is 20.2. The molecule has 3 heterocycles. The molecule has 98 valence electrons. The van der Waals surface area contributed by atoms with Gasteiger partial charge in [0.05, 0.1) is 10.4 Å². The summed E-state index contributed by atoms with van der Waals surface area (Å²) >= 11 is 7.55. The summed E-state index contributed by atoms with van der Waals surface area (Å²) in [5.41, 5.74) is 0.886. The van der Waals surface area contributed by atoms with Gasteiger partial charge in [0.25, 0.3) is 0 Å². The van der Waals surface area contributed by atoms with E-state index in [0.29, 0.717) is 22.0 Å². The number of nitrogens with zero attached hydrogens (tertiary/aromatic N) is 3. The van der Waals surface area contributed by atoms with E-state index >= 15 is 0 Å². The first kappa shape index (κ1) is 11.6. The number of H-pyrrole nitrogens is 1. The maximum Gasteiger partial charge on any atom is 0.348 e. The van der Waals surface area contributed by atoms with E-state index in [-0.39, 0.29) is 5.69 Å². The quantitative estimate of drug-likeness (QED) is 0.588. The molecule has 0 spiro atoms. The van der Waals surface area contributed by atoms with Gasteiger partial charge in [0, 0.05) is 10.4 Å². The second kappa shape index (κ2) is 4.16. The molecule has 0 amide bonds. The van der Waals surface area contributed by atoms with Crippen LogP contribution in [0.2, 0.25) is 5.02 Å². The maximum absolute atomic E-state index is 12.0. The van der Waals surface area contributed by atoms with Gasteiger partial charge in [-0.25, -0.2) is 9.78 Å². The van der Waals surface area contributed by atoms with E-state index in [0.717, 1.165) is 10.3 Å². The van der Waals surface area contributed by atoms with Crippen LogP contribution in [0, 0.1) is 0 Å². The highest BCUT2D eigenvalue weighted by atomic mass is 35.5. The second-order valence-corrected chi connectivity index (χ2v) is 5.65. The van der Waals surface area contributed by atoms with Crippen molar-refractivity contribution in [3.63, 3.8) is 0 Å². The first-order chi connectivity index (χ1) is 9.72. The van der Waals surface area contributed by atoms with Crippen LogP contribution in [0.1, 0.15) is 0 Å². The fourth-order valence-corrected chi connectivity index (χ4v) is 2.94. The number of nitrogens with one attached hydrogen (secondary N) is 1. The van der Waals surface area contributed by atoms with Gasteiger partial charge >= 0.3 is 5.69 Å². The molecular formula is C13H7ClN4OS. The molecule has 0 unspecified atom stereocenters. The third kappa shape index (κ3) is 1.65. The fraction of sp³-hybridized carbons (Fsp3) is 0.